The van der Waals surface area contributed by atoms with Crippen LogP contribution in [0.1, 0.15) is 23.8 Å². The molecule has 0 aliphatic rings. The van der Waals surface area contributed by atoms with E-state index in [2.05, 4.69) is 27.5 Å². The van der Waals surface area contributed by atoms with Crippen LogP contribution in [-0.2, 0) is 0 Å². The highest BCUT2D eigenvalue weighted by Gasteiger charge is 2.13. The Morgan fingerprint density at radius 3 is 2.36 bits per heavy atom. The molecule has 0 atom stereocenters. The monoisotopic (exact) mass is 375 g/mol. The number of nitrogens with zero attached hydrogens (tertiary/aromatic N) is 3. The third-order valence-corrected chi connectivity index (χ3v) is 4.19. The minimum Gasteiger partial charge on any atom is -0.378 e. The molecule has 2 N–H and O–H groups in total. The molecule has 0 radical (unpaired) electrons. The highest BCUT2D eigenvalue weighted by atomic mass is 16.1. The van der Waals surface area contributed by atoms with Gasteiger partial charge in [0.05, 0.1) is 0 Å². The first kappa shape index (κ1) is 19.4. The normalized spacial score (nSPS) is 10.4. The van der Waals surface area contributed by atoms with Gasteiger partial charge in [-0.2, -0.15) is 0 Å². The van der Waals surface area contributed by atoms with Crippen LogP contribution in [0.5, 0.6) is 0 Å². The van der Waals surface area contributed by atoms with Crippen molar-refractivity contribution in [2.75, 3.05) is 36.2 Å². The van der Waals surface area contributed by atoms with Crippen molar-refractivity contribution in [3.05, 3.63) is 66.4 Å². The number of hydrogen-bond acceptors (Lipinski definition) is 5. The molecule has 6 nitrogen and oxygen atoms in total. The first-order valence-corrected chi connectivity index (χ1v) is 9.34. The van der Waals surface area contributed by atoms with Gasteiger partial charge in [0.15, 0.2) is 5.82 Å². The summed E-state index contributed by atoms with van der Waals surface area (Å²) >= 11 is 0. The molecule has 2 aromatic carbocycles. The lowest BCUT2D eigenvalue weighted by molar-refractivity contribution is 0.102. The molecule has 0 aliphatic carbocycles. The van der Waals surface area contributed by atoms with Crippen LogP contribution in [-0.4, -0.2) is 36.5 Å². The third kappa shape index (κ3) is 4.85. The Morgan fingerprint density at radius 2 is 1.71 bits per heavy atom. The van der Waals surface area contributed by atoms with Crippen molar-refractivity contribution in [2.24, 2.45) is 0 Å². The van der Waals surface area contributed by atoms with Gasteiger partial charge in [0.2, 0.25) is 0 Å². The van der Waals surface area contributed by atoms with Crippen molar-refractivity contribution in [1.29, 1.82) is 0 Å². The lowest BCUT2D eigenvalue weighted by Crippen LogP contribution is -2.16. The van der Waals surface area contributed by atoms with Crippen molar-refractivity contribution < 1.29 is 4.79 Å². The molecule has 3 rings (SSSR count). The molecule has 1 aromatic heterocycles. The second kappa shape index (κ2) is 8.99. The van der Waals surface area contributed by atoms with Crippen LogP contribution in [0.3, 0.4) is 0 Å². The van der Waals surface area contributed by atoms with E-state index < -0.39 is 0 Å². The van der Waals surface area contributed by atoms with Gasteiger partial charge in [-0.15, -0.1) is 0 Å². The Hall–Kier alpha value is -3.41. The maximum Gasteiger partial charge on any atom is 0.274 e. The fraction of sp³-hybridized carbons (Fsp3) is 0.227. The molecule has 0 unspecified atom stereocenters. The maximum atomic E-state index is 12.8. The van der Waals surface area contributed by atoms with Crippen molar-refractivity contribution in [2.45, 2.75) is 13.3 Å². The summed E-state index contributed by atoms with van der Waals surface area (Å²) in [6.45, 7) is 2.86. The van der Waals surface area contributed by atoms with Gasteiger partial charge in [-0.25, -0.2) is 9.97 Å². The van der Waals surface area contributed by atoms with Gasteiger partial charge in [-0.1, -0.05) is 37.3 Å². The first-order valence-electron chi connectivity index (χ1n) is 9.34. The molecule has 0 fully saturated rings. The van der Waals surface area contributed by atoms with Gasteiger partial charge < -0.3 is 15.5 Å². The molecule has 0 aliphatic heterocycles. The number of anilines is 3. The van der Waals surface area contributed by atoms with Gasteiger partial charge >= 0.3 is 0 Å². The number of rotatable bonds is 7. The second-order valence-corrected chi connectivity index (χ2v) is 6.65. The van der Waals surface area contributed by atoms with E-state index in [0.29, 0.717) is 17.3 Å². The largest absolute Gasteiger partial charge is 0.378 e. The van der Waals surface area contributed by atoms with Gasteiger partial charge in [-0.05, 0) is 30.7 Å². The van der Waals surface area contributed by atoms with Crippen LogP contribution in [0.15, 0.2) is 60.7 Å². The highest BCUT2D eigenvalue weighted by Crippen LogP contribution is 2.20. The first-order chi connectivity index (χ1) is 13.6. The molecular formula is C22H25N5O. The zero-order valence-corrected chi connectivity index (χ0v) is 16.4. The summed E-state index contributed by atoms with van der Waals surface area (Å²) in [5, 5.41) is 6.16. The van der Waals surface area contributed by atoms with Gasteiger partial charge in [0, 0.05) is 43.6 Å². The number of carbonyl (C=O) groups excluding carboxylic acids is 1. The minimum atomic E-state index is -0.267. The van der Waals surface area contributed by atoms with E-state index in [9.17, 15) is 4.79 Å². The van der Waals surface area contributed by atoms with Gasteiger partial charge in [-0.3, -0.25) is 4.79 Å². The number of nitrogens with one attached hydrogen (secondary N) is 2. The Kier molecular flexibility index (Phi) is 6.22. The number of benzene rings is 2. The summed E-state index contributed by atoms with van der Waals surface area (Å²) < 4.78 is 0. The SMILES string of the molecule is CCCNc1cc(C(=O)Nc2ccc(N(C)C)cc2)nc(-c2ccccc2)n1. The molecule has 1 heterocycles. The smallest absolute Gasteiger partial charge is 0.274 e. The predicted octanol–water partition coefficient (Wildman–Crippen LogP) is 4.28. The van der Waals surface area contributed by atoms with E-state index in [-0.39, 0.29) is 5.91 Å². The standard InChI is InChI=1S/C22H25N5O/c1-4-14-23-20-15-19(25-21(26-20)16-8-6-5-7-9-16)22(28)24-17-10-12-18(13-11-17)27(2)3/h5-13,15H,4,14H2,1-3H3,(H,24,28)(H,23,25,26). The van der Waals surface area contributed by atoms with Crippen LogP contribution in [0, 0.1) is 0 Å². The molecule has 0 saturated carbocycles. The molecule has 0 bridgehead atoms. The second-order valence-electron chi connectivity index (χ2n) is 6.65. The van der Waals surface area contributed by atoms with Crippen molar-refractivity contribution >= 4 is 23.1 Å². The molecule has 6 heteroatoms. The highest BCUT2D eigenvalue weighted by molar-refractivity contribution is 6.03. The Morgan fingerprint density at radius 1 is 1.00 bits per heavy atom. The minimum absolute atomic E-state index is 0.267. The average Bonchev–Trinajstić information content (AvgIpc) is 2.73. The van der Waals surface area contributed by atoms with Gasteiger partial charge in [0.25, 0.3) is 5.91 Å². The number of aromatic nitrogens is 2. The number of hydrogen-bond donors (Lipinski definition) is 2. The zero-order chi connectivity index (χ0) is 19.9. The fourth-order valence-electron chi connectivity index (χ4n) is 2.66. The third-order valence-electron chi connectivity index (χ3n) is 4.19. The summed E-state index contributed by atoms with van der Waals surface area (Å²) in [5.74, 6) is 0.898. The molecule has 0 saturated heterocycles. The van der Waals surface area contributed by atoms with Crippen LogP contribution in [0.2, 0.25) is 0 Å². The van der Waals surface area contributed by atoms with E-state index in [1.165, 1.54) is 0 Å². The molecule has 144 valence electrons. The lowest BCUT2D eigenvalue weighted by Gasteiger charge is -2.13. The summed E-state index contributed by atoms with van der Waals surface area (Å²) in [6, 6.07) is 19.0. The van der Waals surface area contributed by atoms with Crippen LogP contribution in [0.25, 0.3) is 11.4 Å². The van der Waals surface area contributed by atoms with Crippen LogP contribution < -0.4 is 15.5 Å². The Balaban J connectivity index is 1.87. The summed E-state index contributed by atoms with van der Waals surface area (Å²) in [4.78, 5) is 23.8. The van der Waals surface area contributed by atoms with E-state index in [4.69, 9.17) is 0 Å². The zero-order valence-electron chi connectivity index (χ0n) is 16.4. The summed E-state index contributed by atoms with van der Waals surface area (Å²) in [7, 11) is 3.95. The van der Waals surface area contributed by atoms with E-state index in [0.717, 1.165) is 29.9 Å². The molecule has 0 spiro atoms. The molecule has 3 aromatic rings. The Labute approximate surface area is 165 Å². The number of carbonyl (C=O) groups is 1. The summed E-state index contributed by atoms with van der Waals surface area (Å²) in [6.07, 6.45) is 0.963. The van der Waals surface area contributed by atoms with Crippen LogP contribution in [0.4, 0.5) is 17.2 Å². The molecule has 28 heavy (non-hydrogen) atoms. The fourth-order valence-corrected chi connectivity index (χ4v) is 2.66. The number of amides is 1. The predicted molar refractivity (Wildman–Crippen MR) is 115 cm³/mol. The topological polar surface area (TPSA) is 70.2 Å². The molecular weight excluding hydrogens is 350 g/mol. The summed E-state index contributed by atoms with van der Waals surface area (Å²) in [5.41, 5.74) is 2.98. The van der Waals surface area contributed by atoms with E-state index in [1.54, 1.807) is 6.07 Å². The van der Waals surface area contributed by atoms with Crippen molar-refractivity contribution in [3.8, 4) is 11.4 Å². The van der Waals surface area contributed by atoms with E-state index >= 15 is 0 Å². The molecule has 1 amide bonds. The van der Waals surface area contributed by atoms with Crippen molar-refractivity contribution in [1.82, 2.24) is 9.97 Å². The van der Waals surface area contributed by atoms with Crippen molar-refractivity contribution in [3.63, 3.8) is 0 Å². The lowest BCUT2D eigenvalue weighted by atomic mass is 10.2. The quantitative estimate of drug-likeness (QED) is 0.645. The van der Waals surface area contributed by atoms with E-state index in [1.807, 2.05) is 73.6 Å². The van der Waals surface area contributed by atoms with Crippen LogP contribution >= 0.6 is 0 Å². The van der Waals surface area contributed by atoms with Gasteiger partial charge in [0.1, 0.15) is 11.5 Å². The maximum absolute atomic E-state index is 12.8. The Bertz CT molecular complexity index is 923. The average molecular weight is 375 g/mol.